The van der Waals surface area contributed by atoms with Gasteiger partial charge in [-0.05, 0) is 22.0 Å². The number of fused-ring (bicyclic) bond motifs is 1. The molecule has 72 valence electrons. The van der Waals surface area contributed by atoms with E-state index in [1.807, 2.05) is 0 Å². The van der Waals surface area contributed by atoms with Crippen molar-refractivity contribution >= 4 is 32.9 Å². The normalized spacial score (nSPS) is 10.7. The van der Waals surface area contributed by atoms with Crippen molar-refractivity contribution in [1.82, 2.24) is 9.97 Å². The lowest BCUT2D eigenvalue weighted by atomic mass is 10.3. The third kappa shape index (κ3) is 1.27. The molecule has 2 rings (SSSR count). The van der Waals surface area contributed by atoms with E-state index in [1.165, 1.54) is 12.3 Å². The van der Waals surface area contributed by atoms with Gasteiger partial charge in [-0.15, -0.1) is 0 Å². The second-order valence-corrected chi connectivity index (χ2v) is 3.52. The Kier molecular flexibility index (Phi) is 1.99. The van der Waals surface area contributed by atoms with Gasteiger partial charge in [-0.1, -0.05) is 0 Å². The fraction of sp³-hybridized carbons (Fsp3) is 0. The first kappa shape index (κ1) is 9.14. The number of carboxylic acids is 1. The number of nitrogens with one attached hydrogen (secondary N) is 1. The lowest BCUT2D eigenvalue weighted by Crippen LogP contribution is -1.96. The molecule has 0 radical (unpaired) electrons. The maximum Gasteiger partial charge on any atom is 0.339 e. The van der Waals surface area contributed by atoms with Gasteiger partial charge in [0.25, 0.3) is 0 Å². The van der Waals surface area contributed by atoms with Gasteiger partial charge in [0.05, 0.1) is 9.99 Å². The van der Waals surface area contributed by atoms with Crippen LogP contribution in [0.3, 0.4) is 0 Å². The Labute approximate surface area is 85.9 Å². The van der Waals surface area contributed by atoms with E-state index in [0.29, 0.717) is 5.52 Å². The Balaban J connectivity index is 2.80. The molecule has 0 saturated heterocycles. The highest BCUT2D eigenvalue weighted by molar-refractivity contribution is 9.10. The Morgan fingerprint density at radius 2 is 2.36 bits per heavy atom. The number of aromatic amines is 1. The molecular formula is C8H4BrFN2O2. The minimum atomic E-state index is -1.13. The molecule has 0 atom stereocenters. The monoisotopic (exact) mass is 258 g/mol. The molecule has 2 N–H and O–H groups in total. The molecule has 0 aliphatic carbocycles. The Bertz CT molecular complexity index is 523. The number of hydrogen-bond acceptors (Lipinski definition) is 2. The van der Waals surface area contributed by atoms with Crippen LogP contribution in [0.2, 0.25) is 0 Å². The predicted molar refractivity (Wildman–Crippen MR) is 50.7 cm³/mol. The molecule has 0 bridgehead atoms. The highest BCUT2D eigenvalue weighted by Gasteiger charge is 2.14. The molecule has 0 saturated carbocycles. The SMILES string of the molecule is O=C(O)c1c[nH]c2cc(Br)c(F)nc12. The average Bonchev–Trinajstić information content (AvgIpc) is 2.48. The summed E-state index contributed by atoms with van der Waals surface area (Å²) in [4.78, 5) is 16.9. The number of aromatic carboxylic acids is 1. The van der Waals surface area contributed by atoms with Crippen LogP contribution in [-0.2, 0) is 0 Å². The number of pyridine rings is 1. The number of rotatable bonds is 1. The summed E-state index contributed by atoms with van der Waals surface area (Å²) < 4.78 is 13.2. The summed E-state index contributed by atoms with van der Waals surface area (Å²) in [6, 6.07) is 1.45. The van der Waals surface area contributed by atoms with Crippen molar-refractivity contribution in [3.63, 3.8) is 0 Å². The van der Waals surface area contributed by atoms with Crippen molar-refractivity contribution in [1.29, 1.82) is 0 Å². The van der Waals surface area contributed by atoms with Crippen LogP contribution in [0.4, 0.5) is 4.39 Å². The molecular weight excluding hydrogens is 255 g/mol. The zero-order valence-corrected chi connectivity index (χ0v) is 8.30. The van der Waals surface area contributed by atoms with E-state index in [9.17, 15) is 9.18 Å². The molecule has 0 aromatic carbocycles. The number of aromatic nitrogens is 2. The molecule has 0 spiro atoms. The fourth-order valence-corrected chi connectivity index (χ4v) is 1.48. The molecule has 0 fully saturated rings. The molecule has 0 amide bonds. The maximum absolute atomic E-state index is 13.0. The first-order valence-corrected chi connectivity index (χ1v) is 4.45. The number of carboxylic acid groups (broad SMARTS) is 1. The number of H-pyrrole nitrogens is 1. The van der Waals surface area contributed by atoms with Crippen LogP contribution in [0, 0.1) is 5.95 Å². The minimum Gasteiger partial charge on any atom is -0.478 e. The third-order valence-corrected chi connectivity index (χ3v) is 2.35. The van der Waals surface area contributed by atoms with Crippen molar-refractivity contribution < 1.29 is 14.3 Å². The molecule has 0 aliphatic heterocycles. The quantitative estimate of drug-likeness (QED) is 0.771. The molecule has 2 heterocycles. The summed E-state index contributed by atoms with van der Waals surface area (Å²) >= 11 is 2.96. The smallest absolute Gasteiger partial charge is 0.339 e. The lowest BCUT2D eigenvalue weighted by molar-refractivity contribution is 0.0699. The van der Waals surface area contributed by atoms with Crippen LogP contribution in [0.15, 0.2) is 16.7 Å². The molecule has 0 aliphatic rings. The van der Waals surface area contributed by atoms with Crippen molar-refractivity contribution in [3.8, 4) is 0 Å². The number of halogens is 2. The van der Waals surface area contributed by atoms with Gasteiger partial charge in [-0.25, -0.2) is 9.78 Å². The number of carbonyl (C=O) groups is 1. The molecule has 2 aromatic heterocycles. The standard InChI is InChI=1S/C8H4BrFN2O2/c9-4-1-5-6(12-7(4)10)3(2-11-5)8(13)14/h1-2,11H,(H,13,14). The summed E-state index contributed by atoms with van der Waals surface area (Å²) in [5.41, 5.74) is 0.570. The van der Waals surface area contributed by atoms with Crippen molar-refractivity contribution in [2.75, 3.05) is 0 Å². The van der Waals surface area contributed by atoms with Gasteiger partial charge >= 0.3 is 5.97 Å². The summed E-state index contributed by atoms with van der Waals surface area (Å²) in [5, 5.41) is 8.74. The van der Waals surface area contributed by atoms with Crippen LogP contribution in [-0.4, -0.2) is 21.0 Å². The summed E-state index contributed by atoms with van der Waals surface area (Å²) in [6.07, 6.45) is 1.28. The largest absolute Gasteiger partial charge is 0.478 e. The third-order valence-electron chi connectivity index (χ3n) is 1.79. The van der Waals surface area contributed by atoms with E-state index >= 15 is 0 Å². The molecule has 14 heavy (non-hydrogen) atoms. The van der Waals surface area contributed by atoms with Crippen LogP contribution in [0.1, 0.15) is 10.4 Å². The molecule has 6 heteroatoms. The number of nitrogens with zero attached hydrogens (tertiary/aromatic N) is 1. The highest BCUT2D eigenvalue weighted by Crippen LogP contribution is 2.22. The van der Waals surface area contributed by atoms with E-state index in [4.69, 9.17) is 5.11 Å². The lowest BCUT2D eigenvalue weighted by Gasteiger charge is -1.94. The molecule has 2 aromatic rings. The Morgan fingerprint density at radius 1 is 1.64 bits per heavy atom. The van der Waals surface area contributed by atoms with Gasteiger partial charge in [0.2, 0.25) is 5.95 Å². The summed E-state index contributed by atoms with van der Waals surface area (Å²) in [6.45, 7) is 0. The molecule has 4 nitrogen and oxygen atoms in total. The van der Waals surface area contributed by atoms with E-state index in [0.717, 1.165) is 0 Å². The second-order valence-electron chi connectivity index (χ2n) is 2.66. The zero-order valence-electron chi connectivity index (χ0n) is 6.71. The second kappa shape index (κ2) is 3.06. The first-order valence-electron chi connectivity index (χ1n) is 3.66. The van der Waals surface area contributed by atoms with E-state index in [1.54, 1.807) is 0 Å². The summed E-state index contributed by atoms with van der Waals surface area (Å²) in [7, 11) is 0. The fourth-order valence-electron chi connectivity index (χ4n) is 1.16. The zero-order chi connectivity index (χ0) is 10.3. The Morgan fingerprint density at radius 3 is 3.00 bits per heavy atom. The maximum atomic E-state index is 13.0. The van der Waals surface area contributed by atoms with Gasteiger partial charge < -0.3 is 10.1 Å². The predicted octanol–water partition coefficient (Wildman–Crippen LogP) is 2.16. The highest BCUT2D eigenvalue weighted by atomic mass is 79.9. The van der Waals surface area contributed by atoms with Crippen molar-refractivity contribution in [2.45, 2.75) is 0 Å². The van der Waals surface area contributed by atoms with Crippen LogP contribution < -0.4 is 0 Å². The van der Waals surface area contributed by atoms with Gasteiger partial charge in [0, 0.05) is 6.20 Å². The van der Waals surface area contributed by atoms with Gasteiger partial charge in [-0.2, -0.15) is 4.39 Å². The topological polar surface area (TPSA) is 66.0 Å². The minimum absolute atomic E-state index is 0.0357. The van der Waals surface area contributed by atoms with Crippen LogP contribution >= 0.6 is 15.9 Å². The van der Waals surface area contributed by atoms with Gasteiger partial charge in [0.15, 0.2) is 0 Å². The van der Waals surface area contributed by atoms with E-state index in [2.05, 4.69) is 25.9 Å². The van der Waals surface area contributed by atoms with Gasteiger partial charge in [0.1, 0.15) is 11.1 Å². The molecule has 0 unspecified atom stereocenters. The van der Waals surface area contributed by atoms with E-state index in [-0.39, 0.29) is 15.6 Å². The Hall–Kier alpha value is -1.43. The summed E-state index contributed by atoms with van der Waals surface area (Å²) in [5.74, 6) is -1.86. The van der Waals surface area contributed by atoms with Gasteiger partial charge in [-0.3, -0.25) is 0 Å². The van der Waals surface area contributed by atoms with Crippen molar-refractivity contribution in [2.24, 2.45) is 0 Å². The average molecular weight is 259 g/mol. The van der Waals surface area contributed by atoms with Crippen molar-refractivity contribution in [3.05, 3.63) is 28.2 Å². The first-order chi connectivity index (χ1) is 6.59. The van der Waals surface area contributed by atoms with E-state index < -0.39 is 11.9 Å². The van der Waals surface area contributed by atoms with Crippen LogP contribution in [0.25, 0.3) is 11.0 Å². The number of hydrogen-bond donors (Lipinski definition) is 2. The van der Waals surface area contributed by atoms with Crippen LogP contribution in [0.5, 0.6) is 0 Å².